The van der Waals surface area contributed by atoms with Gasteiger partial charge in [-0.15, -0.1) is 0 Å². The summed E-state index contributed by atoms with van der Waals surface area (Å²) in [6, 6.07) is 0. The van der Waals surface area contributed by atoms with E-state index in [0.29, 0.717) is 24.3 Å². The van der Waals surface area contributed by atoms with Crippen molar-refractivity contribution in [1.82, 2.24) is 5.32 Å². The summed E-state index contributed by atoms with van der Waals surface area (Å²) in [6.45, 7) is 4.95. The predicted molar refractivity (Wildman–Crippen MR) is 84.9 cm³/mol. The Labute approximate surface area is 127 Å². The molecule has 0 unspecified atom stereocenters. The first kappa shape index (κ1) is 16.2. The van der Waals surface area contributed by atoms with Crippen LogP contribution in [0.25, 0.3) is 0 Å². The maximum atomic E-state index is 12.0. The molecule has 0 spiro atoms. The summed E-state index contributed by atoms with van der Waals surface area (Å²) in [7, 11) is 0. The average molecular weight is 299 g/mol. The normalized spacial score (nSPS) is 26.1. The molecule has 1 saturated heterocycles. The van der Waals surface area contributed by atoms with Crippen LogP contribution in [0.15, 0.2) is 0 Å². The second-order valence-corrected chi connectivity index (χ2v) is 8.65. The molecule has 1 amide bonds. The molecule has 20 heavy (non-hydrogen) atoms. The molecule has 2 rings (SSSR count). The quantitative estimate of drug-likeness (QED) is 0.839. The molecule has 0 radical (unpaired) electrons. The largest absolute Gasteiger partial charge is 0.388 e. The second kappa shape index (κ2) is 6.69. The van der Waals surface area contributed by atoms with E-state index >= 15 is 0 Å². The van der Waals surface area contributed by atoms with Gasteiger partial charge in [0.25, 0.3) is 0 Å². The highest BCUT2D eigenvalue weighted by molar-refractivity contribution is 7.99. The third-order valence-electron chi connectivity index (χ3n) is 4.96. The van der Waals surface area contributed by atoms with Crippen LogP contribution in [0.4, 0.5) is 0 Å². The van der Waals surface area contributed by atoms with Gasteiger partial charge in [0, 0.05) is 13.0 Å². The maximum absolute atomic E-state index is 12.0. The highest BCUT2D eigenvalue weighted by atomic mass is 32.2. The molecular formula is C16H29NO2S. The molecule has 4 heteroatoms. The van der Waals surface area contributed by atoms with E-state index in [-0.39, 0.29) is 5.91 Å². The van der Waals surface area contributed by atoms with Crippen LogP contribution in [0.3, 0.4) is 0 Å². The summed E-state index contributed by atoms with van der Waals surface area (Å²) in [5.41, 5.74) is -0.330. The minimum absolute atomic E-state index is 0.125. The first-order valence-corrected chi connectivity index (χ1v) is 9.11. The van der Waals surface area contributed by atoms with Gasteiger partial charge in [-0.05, 0) is 61.4 Å². The Kier molecular flexibility index (Phi) is 5.41. The van der Waals surface area contributed by atoms with Crippen LogP contribution >= 0.6 is 11.8 Å². The van der Waals surface area contributed by atoms with E-state index in [1.54, 1.807) is 0 Å². The third kappa shape index (κ3) is 4.96. The van der Waals surface area contributed by atoms with Crippen molar-refractivity contribution in [2.45, 2.75) is 64.4 Å². The smallest absolute Gasteiger partial charge is 0.220 e. The van der Waals surface area contributed by atoms with E-state index in [0.717, 1.165) is 38.5 Å². The lowest BCUT2D eigenvalue weighted by molar-refractivity contribution is -0.124. The Morgan fingerprint density at radius 3 is 2.40 bits per heavy atom. The fraction of sp³-hybridized carbons (Fsp3) is 0.938. The average Bonchev–Trinajstić information content (AvgIpc) is 2.42. The monoisotopic (exact) mass is 299 g/mol. The lowest BCUT2D eigenvalue weighted by Crippen LogP contribution is -2.46. The topological polar surface area (TPSA) is 49.3 Å². The number of amides is 1. The van der Waals surface area contributed by atoms with Crippen molar-refractivity contribution in [2.75, 3.05) is 18.1 Å². The molecule has 2 fully saturated rings. The molecule has 0 bridgehead atoms. The van der Waals surface area contributed by atoms with Gasteiger partial charge in [-0.2, -0.15) is 11.8 Å². The Hall–Kier alpha value is -0.220. The van der Waals surface area contributed by atoms with E-state index in [1.807, 2.05) is 11.8 Å². The lowest BCUT2D eigenvalue weighted by atomic mass is 9.71. The first-order valence-electron chi connectivity index (χ1n) is 7.95. The van der Waals surface area contributed by atoms with Crippen molar-refractivity contribution in [2.24, 2.45) is 11.3 Å². The first-order chi connectivity index (χ1) is 9.39. The number of thioether (sulfide) groups is 1. The molecule has 2 aliphatic rings. The Morgan fingerprint density at radius 2 is 1.80 bits per heavy atom. The Balaban J connectivity index is 1.70. The fourth-order valence-corrected chi connectivity index (χ4v) is 4.32. The molecule has 0 aromatic rings. The van der Waals surface area contributed by atoms with Crippen LogP contribution in [0.1, 0.15) is 58.8 Å². The molecule has 116 valence electrons. The van der Waals surface area contributed by atoms with Crippen molar-refractivity contribution in [3.63, 3.8) is 0 Å². The number of rotatable bonds is 4. The Morgan fingerprint density at radius 1 is 1.20 bits per heavy atom. The van der Waals surface area contributed by atoms with Crippen molar-refractivity contribution in [1.29, 1.82) is 0 Å². The lowest BCUT2D eigenvalue weighted by Gasteiger charge is -2.40. The van der Waals surface area contributed by atoms with Crippen molar-refractivity contribution < 1.29 is 9.90 Å². The summed E-state index contributed by atoms with van der Waals surface area (Å²) in [5.74, 6) is 3.06. The van der Waals surface area contributed by atoms with E-state index in [4.69, 9.17) is 0 Å². The standard InChI is InChI=1S/C16H29NO2S/c1-15(2)5-7-16(19,8-6-15)12-17-14(18)11-13-3-9-20-10-4-13/h13,19H,3-12H2,1-2H3,(H,17,18). The zero-order valence-electron chi connectivity index (χ0n) is 12.9. The minimum Gasteiger partial charge on any atom is -0.388 e. The number of nitrogens with one attached hydrogen (secondary N) is 1. The molecule has 0 atom stereocenters. The van der Waals surface area contributed by atoms with Crippen molar-refractivity contribution in [3.8, 4) is 0 Å². The summed E-state index contributed by atoms with van der Waals surface area (Å²) in [4.78, 5) is 12.0. The van der Waals surface area contributed by atoms with Gasteiger partial charge >= 0.3 is 0 Å². The molecule has 0 aromatic carbocycles. The van der Waals surface area contributed by atoms with Gasteiger partial charge in [0.2, 0.25) is 5.91 Å². The number of carbonyl (C=O) groups excluding carboxylic acids is 1. The minimum atomic E-state index is -0.673. The van der Waals surface area contributed by atoms with Gasteiger partial charge in [-0.25, -0.2) is 0 Å². The zero-order chi connectivity index (χ0) is 14.6. The van der Waals surface area contributed by atoms with Crippen molar-refractivity contribution >= 4 is 17.7 Å². The van der Waals surface area contributed by atoms with Gasteiger partial charge in [-0.3, -0.25) is 4.79 Å². The molecule has 3 nitrogen and oxygen atoms in total. The van der Waals surface area contributed by atoms with Crippen LogP contribution in [-0.2, 0) is 4.79 Å². The second-order valence-electron chi connectivity index (χ2n) is 7.43. The Bertz CT molecular complexity index is 327. The molecular weight excluding hydrogens is 270 g/mol. The van der Waals surface area contributed by atoms with E-state index in [9.17, 15) is 9.90 Å². The highest BCUT2D eigenvalue weighted by Crippen LogP contribution is 2.39. The van der Waals surface area contributed by atoms with E-state index in [2.05, 4.69) is 19.2 Å². The van der Waals surface area contributed by atoms with Crippen molar-refractivity contribution in [3.05, 3.63) is 0 Å². The number of hydrogen-bond donors (Lipinski definition) is 2. The van der Waals surface area contributed by atoms with Gasteiger partial charge in [0.05, 0.1) is 5.60 Å². The highest BCUT2D eigenvalue weighted by Gasteiger charge is 2.36. The maximum Gasteiger partial charge on any atom is 0.220 e. The van der Waals surface area contributed by atoms with E-state index in [1.165, 1.54) is 11.5 Å². The summed E-state index contributed by atoms with van der Waals surface area (Å²) < 4.78 is 0. The summed E-state index contributed by atoms with van der Waals surface area (Å²) in [5, 5.41) is 13.5. The third-order valence-corrected chi connectivity index (χ3v) is 6.01. The summed E-state index contributed by atoms with van der Waals surface area (Å²) >= 11 is 1.99. The van der Waals surface area contributed by atoms with Crippen LogP contribution < -0.4 is 5.32 Å². The number of carbonyl (C=O) groups is 1. The molecule has 2 N–H and O–H groups in total. The van der Waals surface area contributed by atoms with Crippen LogP contribution in [0, 0.1) is 11.3 Å². The predicted octanol–water partition coefficient (Wildman–Crippen LogP) is 2.97. The van der Waals surface area contributed by atoms with Crippen LogP contribution in [-0.4, -0.2) is 34.7 Å². The number of aliphatic hydroxyl groups is 1. The molecule has 1 aliphatic carbocycles. The van der Waals surface area contributed by atoms with Crippen LogP contribution in [0.2, 0.25) is 0 Å². The molecule has 1 aliphatic heterocycles. The fourth-order valence-electron chi connectivity index (χ4n) is 3.12. The molecule has 1 heterocycles. The van der Waals surface area contributed by atoms with Gasteiger partial charge in [0.15, 0.2) is 0 Å². The van der Waals surface area contributed by atoms with Gasteiger partial charge in [0.1, 0.15) is 0 Å². The number of hydrogen-bond acceptors (Lipinski definition) is 3. The summed E-state index contributed by atoms with van der Waals surface area (Å²) in [6.07, 6.45) is 6.66. The van der Waals surface area contributed by atoms with Gasteiger partial charge < -0.3 is 10.4 Å². The zero-order valence-corrected chi connectivity index (χ0v) is 13.7. The molecule has 1 saturated carbocycles. The van der Waals surface area contributed by atoms with E-state index < -0.39 is 5.60 Å². The molecule has 0 aromatic heterocycles. The SMILES string of the molecule is CC1(C)CCC(O)(CNC(=O)CC2CCSCC2)CC1. The van der Waals surface area contributed by atoms with Crippen LogP contribution in [0.5, 0.6) is 0 Å². The van der Waals surface area contributed by atoms with Gasteiger partial charge in [-0.1, -0.05) is 13.8 Å².